The van der Waals surface area contributed by atoms with E-state index in [1.165, 1.54) is 6.07 Å². The summed E-state index contributed by atoms with van der Waals surface area (Å²) >= 11 is 0. The van der Waals surface area contributed by atoms with Crippen molar-refractivity contribution in [2.24, 2.45) is 0 Å². The van der Waals surface area contributed by atoms with Gasteiger partial charge < -0.3 is 5.32 Å². The number of hydrogen-bond acceptors (Lipinski definition) is 7. The Balaban J connectivity index is 1.74. The Kier molecular flexibility index (Phi) is 6.03. The van der Waals surface area contributed by atoms with Gasteiger partial charge in [-0.2, -0.15) is 10.1 Å². The minimum Gasteiger partial charge on any atom is -0.322 e. The zero-order valence-electron chi connectivity index (χ0n) is 19.2. The summed E-state index contributed by atoms with van der Waals surface area (Å²) in [6, 6.07) is 9.54. The molecule has 1 aromatic carbocycles. The quantitative estimate of drug-likeness (QED) is 0.408. The number of aryl methyl sites for hydroxylation is 1. The summed E-state index contributed by atoms with van der Waals surface area (Å²) in [6.45, 7) is 10.1. The summed E-state index contributed by atoms with van der Waals surface area (Å²) in [5.41, 5.74) is 4.88. The largest absolute Gasteiger partial charge is 0.322 e. The predicted molar refractivity (Wildman–Crippen MR) is 126 cm³/mol. The molecule has 10 heteroatoms. The molecule has 4 aromatic rings. The van der Waals surface area contributed by atoms with Gasteiger partial charge in [0, 0.05) is 35.8 Å². The van der Waals surface area contributed by atoms with Crippen molar-refractivity contribution < 1.29 is 8.42 Å². The zero-order chi connectivity index (χ0) is 23.8. The van der Waals surface area contributed by atoms with Crippen molar-refractivity contribution in [3.8, 4) is 11.1 Å². The molecular formula is C23H27N7O2S. The number of pyridine rings is 1. The van der Waals surface area contributed by atoms with Crippen molar-refractivity contribution in [3.63, 3.8) is 0 Å². The first kappa shape index (κ1) is 22.7. The van der Waals surface area contributed by atoms with E-state index in [9.17, 15) is 8.42 Å². The third-order valence-electron chi connectivity index (χ3n) is 5.25. The number of hydrogen-bond donors (Lipinski definition) is 2. The monoisotopic (exact) mass is 465 g/mol. The smallest absolute Gasteiger partial charge is 0.260 e. The van der Waals surface area contributed by atoms with Crippen LogP contribution in [-0.4, -0.2) is 38.4 Å². The maximum absolute atomic E-state index is 13.0. The van der Waals surface area contributed by atoms with Crippen molar-refractivity contribution in [3.05, 3.63) is 60.0 Å². The molecule has 0 saturated heterocycles. The number of aromatic amines is 1. The second-order valence-electron chi connectivity index (χ2n) is 8.49. The zero-order valence-corrected chi connectivity index (χ0v) is 20.1. The van der Waals surface area contributed by atoms with E-state index in [-0.39, 0.29) is 28.1 Å². The lowest BCUT2D eigenvalue weighted by atomic mass is 9.92. The average molecular weight is 466 g/mol. The van der Waals surface area contributed by atoms with E-state index < -0.39 is 9.84 Å². The molecule has 3 aromatic heterocycles. The van der Waals surface area contributed by atoms with Gasteiger partial charge in [-0.1, -0.05) is 31.5 Å². The molecule has 172 valence electrons. The summed E-state index contributed by atoms with van der Waals surface area (Å²) in [6.07, 6.45) is 5.15. The van der Waals surface area contributed by atoms with Gasteiger partial charge in [-0.15, -0.1) is 5.10 Å². The first-order chi connectivity index (χ1) is 15.7. The highest BCUT2D eigenvalue weighted by Gasteiger charge is 2.26. The molecule has 0 radical (unpaired) electrons. The van der Waals surface area contributed by atoms with Gasteiger partial charge in [0.1, 0.15) is 0 Å². The second kappa shape index (κ2) is 8.78. The Morgan fingerprint density at radius 2 is 1.91 bits per heavy atom. The Hall–Kier alpha value is -3.53. The van der Waals surface area contributed by atoms with E-state index in [0.29, 0.717) is 0 Å². The van der Waals surface area contributed by atoms with Gasteiger partial charge in [0.15, 0.2) is 5.03 Å². The predicted octanol–water partition coefficient (Wildman–Crippen LogP) is 4.65. The SMILES string of the molecule is Cc1cc(-c2cccnc2)c(Nc2n[nH]c(S(=O)(=O)c3ccn(C(C)C)n3)n2)c(C(C)C)c1. The van der Waals surface area contributed by atoms with Crippen LogP contribution >= 0.6 is 0 Å². The molecule has 0 amide bonds. The van der Waals surface area contributed by atoms with Crippen LogP contribution in [0, 0.1) is 6.92 Å². The lowest BCUT2D eigenvalue weighted by Gasteiger charge is -2.19. The summed E-state index contributed by atoms with van der Waals surface area (Å²) in [4.78, 5) is 8.48. The third-order valence-corrected chi connectivity index (χ3v) is 6.71. The number of aromatic nitrogens is 6. The molecule has 0 atom stereocenters. The molecule has 0 aliphatic rings. The van der Waals surface area contributed by atoms with Gasteiger partial charge in [0.2, 0.25) is 5.95 Å². The Bertz CT molecular complexity index is 1370. The van der Waals surface area contributed by atoms with Gasteiger partial charge >= 0.3 is 0 Å². The van der Waals surface area contributed by atoms with E-state index >= 15 is 0 Å². The van der Waals surface area contributed by atoms with Crippen LogP contribution in [-0.2, 0) is 9.84 Å². The van der Waals surface area contributed by atoms with Gasteiger partial charge in [-0.3, -0.25) is 9.67 Å². The molecule has 0 bridgehead atoms. The normalized spacial score (nSPS) is 12.0. The molecule has 0 spiro atoms. The Labute approximate surface area is 193 Å². The molecule has 4 rings (SSSR count). The maximum Gasteiger partial charge on any atom is 0.260 e. The van der Waals surface area contributed by atoms with Crippen molar-refractivity contribution in [2.45, 2.75) is 56.8 Å². The van der Waals surface area contributed by atoms with Gasteiger partial charge in [0.25, 0.3) is 15.0 Å². The first-order valence-corrected chi connectivity index (χ1v) is 12.2. The third kappa shape index (κ3) is 4.51. The molecule has 9 nitrogen and oxygen atoms in total. The summed E-state index contributed by atoms with van der Waals surface area (Å²) in [7, 11) is -3.93. The van der Waals surface area contributed by atoms with E-state index in [4.69, 9.17) is 0 Å². The summed E-state index contributed by atoms with van der Waals surface area (Å²) < 4.78 is 27.6. The molecule has 0 saturated carbocycles. The number of nitrogens with one attached hydrogen (secondary N) is 2. The molecule has 3 heterocycles. The summed E-state index contributed by atoms with van der Waals surface area (Å²) in [5, 5.41) is 13.7. The van der Waals surface area contributed by atoms with Crippen LogP contribution in [0.25, 0.3) is 11.1 Å². The Morgan fingerprint density at radius 3 is 2.55 bits per heavy atom. The maximum atomic E-state index is 13.0. The molecule has 0 unspecified atom stereocenters. The number of H-pyrrole nitrogens is 1. The van der Waals surface area contributed by atoms with E-state index in [1.54, 1.807) is 23.3 Å². The molecule has 0 aliphatic carbocycles. The fourth-order valence-corrected chi connectivity index (χ4v) is 4.56. The number of nitrogens with zero attached hydrogens (tertiary/aromatic N) is 5. The van der Waals surface area contributed by atoms with Gasteiger partial charge in [-0.25, -0.2) is 13.5 Å². The van der Waals surface area contributed by atoms with Gasteiger partial charge in [0.05, 0.1) is 5.69 Å². The molecule has 2 N–H and O–H groups in total. The molecule has 0 fully saturated rings. The lowest BCUT2D eigenvalue weighted by Crippen LogP contribution is -2.08. The van der Waals surface area contributed by atoms with Crippen molar-refractivity contribution >= 4 is 21.5 Å². The molecular weight excluding hydrogens is 438 g/mol. The van der Waals surface area contributed by atoms with Crippen LogP contribution in [0.3, 0.4) is 0 Å². The highest BCUT2D eigenvalue weighted by Crippen LogP contribution is 2.37. The van der Waals surface area contributed by atoms with Crippen LogP contribution in [0.15, 0.2) is 59.1 Å². The fourth-order valence-electron chi connectivity index (χ4n) is 3.54. The van der Waals surface area contributed by atoms with Crippen molar-refractivity contribution in [2.75, 3.05) is 5.32 Å². The highest BCUT2D eigenvalue weighted by atomic mass is 32.2. The van der Waals surface area contributed by atoms with E-state index in [1.807, 2.05) is 32.9 Å². The highest BCUT2D eigenvalue weighted by molar-refractivity contribution is 7.91. The van der Waals surface area contributed by atoms with E-state index in [0.717, 1.165) is 27.9 Å². The first-order valence-electron chi connectivity index (χ1n) is 10.7. The number of anilines is 2. The van der Waals surface area contributed by atoms with Crippen molar-refractivity contribution in [1.82, 2.24) is 29.9 Å². The fraction of sp³-hybridized carbons (Fsp3) is 0.304. The lowest BCUT2D eigenvalue weighted by molar-refractivity contribution is 0.515. The van der Waals surface area contributed by atoms with Crippen molar-refractivity contribution in [1.29, 1.82) is 0 Å². The minimum absolute atomic E-state index is 0.0443. The number of sulfone groups is 1. The Morgan fingerprint density at radius 1 is 1.12 bits per heavy atom. The van der Waals surface area contributed by atoms with Crippen LogP contribution < -0.4 is 5.32 Å². The molecule has 33 heavy (non-hydrogen) atoms. The number of benzene rings is 1. The van der Waals surface area contributed by atoms with Gasteiger partial charge in [-0.05, 0) is 50.5 Å². The number of rotatable bonds is 7. The van der Waals surface area contributed by atoms with Crippen LogP contribution in [0.1, 0.15) is 50.8 Å². The van der Waals surface area contributed by atoms with E-state index in [2.05, 4.69) is 56.6 Å². The second-order valence-corrected chi connectivity index (χ2v) is 10.3. The van der Waals surface area contributed by atoms with Crippen LogP contribution in [0.2, 0.25) is 0 Å². The average Bonchev–Trinajstić information content (AvgIpc) is 3.46. The topological polar surface area (TPSA) is 118 Å². The van der Waals surface area contributed by atoms with Crippen LogP contribution in [0.4, 0.5) is 11.6 Å². The standard InChI is InChI=1S/C23H27N7O2S/c1-14(2)18-11-16(5)12-19(17-7-6-9-24-13-17)21(18)25-22-26-23(28-27-22)33(31,32)20-8-10-30(29-20)15(3)4/h6-15H,1-5H3,(H2,25,26,27,28). The van der Waals surface area contributed by atoms with Crippen LogP contribution in [0.5, 0.6) is 0 Å². The minimum atomic E-state index is -3.93. The summed E-state index contributed by atoms with van der Waals surface area (Å²) in [5.74, 6) is 0.373. The molecule has 0 aliphatic heterocycles.